The minimum absolute atomic E-state index is 0.0698. The zero-order chi connectivity index (χ0) is 18.4. The van der Waals surface area contributed by atoms with Gasteiger partial charge in [-0.1, -0.05) is 60.7 Å². The minimum atomic E-state index is -1.03. The molecule has 0 radical (unpaired) electrons. The van der Waals surface area contributed by atoms with Crippen molar-refractivity contribution in [3.8, 4) is 0 Å². The molecule has 0 spiro atoms. The highest BCUT2D eigenvalue weighted by Crippen LogP contribution is 2.25. The van der Waals surface area contributed by atoms with Gasteiger partial charge in [0.05, 0.1) is 11.1 Å². The molecule has 0 aliphatic carbocycles. The summed E-state index contributed by atoms with van der Waals surface area (Å²) >= 11 is 0. The van der Waals surface area contributed by atoms with E-state index in [2.05, 4.69) is 0 Å². The average molecular weight is 346 g/mol. The van der Waals surface area contributed by atoms with Crippen LogP contribution in [0.15, 0.2) is 84.9 Å². The first-order valence-electron chi connectivity index (χ1n) is 8.25. The predicted molar refractivity (Wildman–Crippen MR) is 98.4 cm³/mol. The van der Waals surface area contributed by atoms with Crippen LogP contribution in [0, 0.1) is 0 Å². The topological polar surface area (TPSA) is 63.6 Å². The van der Waals surface area contributed by atoms with Crippen LogP contribution in [0.3, 0.4) is 0 Å². The summed E-state index contributed by atoms with van der Waals surface area (Å²) in [5, 5.41) is 8.93. The van der Waals surface area contributed by atoms with Gasteiger partial charge in [-0.15, -0.1) is 0 Å². The van der Waals surface area contributed by atoms with E-state index < -0.39 is 11.9 Å². The molecule has 0 aliphatic heterocycles. The Morgan fingerprint density at radius 2 is 1.19 bits per heavy atom. The number of rotatable bonds is 6. The van der Waals surface area contributed by atoms with Crippen LogP contribution in [0.25, 0.3) is 0 Å². The van der Waals surface area contributed by atoms with Gasteiger partial charge in [0.25, 0.3) is 0 Å². The van der Waals surface area contributed by atoms with E-state index in [1.807, 2.05) is 60.7 Å². The molecule has 3 rings (SSSR count). The third kappa shape index (κ3) is 4.16. The fraction of sp³-hybridized carbons (Fsp3) is 0.0909. The number of benzene rings is 3. The van der Waals surface area contributed by atoms with E-state index in [4.69, 9.17) is 9.84 Å². The molecule has 4 heteroatoms. The van der Waals surface area contributed by atoms with Crippen molar-refractivity contribution in [2.45, 2.75) is 5.92 Å². The molecule has 3 aromatic rings. The lowest BCUT2D eigenvalue weighted by atomic mass is 9.92. The van der Waals surface area contributed by atoms with Crippen molar-refractivity contribution in [2.24, 2.45) is 0 Å². The summed E-state index contributed by atoms with van der Waals surface area (Å²) in [7, 11) is 0. The van der Waals surface area contributed by atoms with Gasteiger partial charge in [-0.05, 0) is 35.4 Å². The highest BCUT2D eigenvalue weighted by molar-refractivity contribution is 5.92. The molecule has 0 bridgehead atoms. The zero-order valence-corrected chi connectivity index (χ0v) is 14.0. The molecule has 130 valence electrons. The standard InChI is InChI=1S/C22H18O4/c23-21(24)18-11-13-19(14-12-18)22(25)26-15-20(16-7-3-1-4-8-16)17-9-5-2-6-10-17/h1-14,20H,15H2,(H,23,24). The minimum Gasteiger partial charge on any atom is -0.478 e. The SMILES string of the molecule is O=C(O)c1ccc(C(=O)OCC(c2ccccc2)c2ccccc2)cc1. The van der Waals surface area contributed by atoms with Crippen molar-refractivity contribution in [3.63, 3.8) is 0 Å². The number of carboxylic acids is 1. The maximum Gasteiger partial charge on any atom is 0.338 e. The normalized spacial score (nSPS) is 10.5. The van der Waals surface area contributed by atoms with Crippen LogP contribution in [0.1, 0.15) is 37.8 Å². The van der Waals surface area contributed by atoms with E-state index >= 15 is 0 Å². The van der Waals surface area contributed by atoms with Gasteiger partial charge in [-0.3, -0.25) is 0 Å². The van der Waals surface area contributed by atoms with Crippen LogP contribution in [0.2, 0.25) is 0 Å². The van der Waals surface area contributed by atoms with Crippen molar-refractivity contribution in [3.05, 3.63) is 107 Å². The molecule has 0 atom stereocenters. The van der Waals surface area contributed by atoms with E-state index in [0.29, 0.717) is 5.56 Å². The van der Waals surface area contributed by atoms with Gasteiger partial charge < -0.3 is 9.84 Å². The smallest absolute Gasteiger partial charge is 0.338 e. The number of hydrogen-bond acceptors (Lipinski definition) is 3. The van der Waals surface area contributed by atoms with Gasteiger partial charge in [-0.2, -0.15) is 0 Å². The molecular weight excluding hydrogens is 328 g/mol. The number of esters is 1. The molecule has 26 heavy (non-hydrogen) atoms. The summed E-state index contributed by atoms with van der Waals surface area (Å²) in [4.78, 5) is 23.2. The summed E-state index contributed by atoms with van der Waals surface area (Å²) < 4.78 is 5.51. The third-order valence-electron chi connectivity index (χ3n) is 4.15. The van der Waals surface area contributed by atoms with Crippen LogP contribution in [-0.4, -0.2) is 23.7 Å². The lowest BCUT2D eigenvalue weighted by Gasteiger charge is -2.18. The first-order valence-corrected chi connectivity index (χ1v) is 8.25. The maximum atomic E-state index is 12.3. The van der Waals surface area contributed by atoms with Gasteiger partial charge in [0.15, 0.2) is 0 Å². The Morgan fingerprint density at radius 1 is 0.731 bits per heavy atom. The van der Waals surface area contributed by atoms with Crippen molar-refractivity contribution >= 4 is 11.9 Å². The molecule has 1 N–H and O–H groups in total. The number of ether oxygens (including phenoxy) is 1. The van der Waals surface area contributed by atoms with Crippen molar-refractivity contribution in [2.75, 3.05) is 6.61 Å². The second kappa shape index (κ2) is 8.12. The Bertz CT molecular complexity index is 832. The lowest BCUT2D eigenvalue weighted by molar-refractivity contribution is 0.0491. The molecule has 0 unspecified atom stereocenters. The Labute approximate surface area is 151 Å². The average Bonchev–Trinajstić information content (AvgIpc) is 2.69. The highest BCUT2D eigenvalue weighted by atomic mass is 16.5. The van der Waals surface area contributed by atoms with Crippen LogP contribution in [0.5, 0.6) is 0 Å². The fourth-order valence-corrected chi connectivity index (χ4v) is 2.75. The second-order valence-corrected chi connectivity index (χ2v) is 5.85. The number of carboxylic acid groups (broad SMARTS) is 1. The quantitative estimate of drug-likeness (QED) is 0.673. The molecular formula is C22H18O4. The number of hydrogen-bond donors (Lipinski definition) is 1. The van der Waals surface area contributed by atoms with Crippen LogP contribution in [0.4, 0.5) is 0 Å². The first-order chi connectivity index (χ1) is 12.6. The van der Waals surface area contributed by atoms with Crippen molar-refractivity contribution in [1.82, 2.24) is 0 Å². The molecule has 4 nitrogen and oxygen atoms in total. The van der Waals surface area contributed by atoms with Gasteiger partial charge in [0.1, 0.15) is 6.61 Å². The van der Waals surface area contributed by atoms with Crippen molar-refractivity contribution in [1.29, 1.82) is 0 Å². The number of carbonyl (C=O) groups excluding carboxylic acids is 1. The van der Waals surface area contributed by atoms with Crippen LogP contribution >= 0.6 is 0 Å². The van der Waals surface area contributed by atoms with E-state index in [-0.39, 0.29) is 18.1 Å². The Hall–Kier alpha value is -3.40. The summed E-state index contributed by atoms with van der Waals surface area (Å²) in [5.41, 5.74) is 2.59. The molecule has 0 aromatic heterocycles. The summed E-state index contributed by atoms with van der Waals surface area (Å²) in [5.74, 6) is -1.57. The Morgan fingerprint density at radius 3 is 1.65 bits per heavy atom. The number of carbonyl (C=O) groups is 2. The van der Waals surface area contributed by atoms with E-state index in [1.54, 1.807) is 0 Å². The summed E-state index contributed by atoms with van der Waals surface area (Å²) in [6.07, 6.45) is 0. The van der Waals surface area contributed by atoms with E-state index in [0.717, 1.165) is 11.1 Å². The van der Waals surface area contributed by atoms with Gasteiger partial charge >= 0.3 is 11.9 Å². The lowest BCUT2D eigenvalue weighted by Crippen LogP contribution is -2.14. The monoisotopic (exact) mass is 346 g/mol. The molecule has 0 amide bonds. The molecule has 0 saturated heterocycles. The van der Waals surface area contributed by atoms with Crippen molar-refractivity contribution < 1.29 is 19.4 Å². The summed E-state index contributed by atoms with van der Waals surface area (Å²) in [6, 6.07) is 25.5. The fourth-order valence-electron chi connectivity index (χ4n) is 2.75. The Balaban J connectivity index is 1.75. The van der Waals surface area contributed by atoms with Crippen LogP contribution < -0.4 is 0 Å². The molecule has 0 fully saturated rings. The molecule has 0 heterocycles. The predicted octanol–water partition coefficient (Wildman–Crippen LogP) is 4.37. The molecule has 0 aliphatic rings. The second-order valence-electron chi connectivity index (χ2n) is 5.85. The van der Waals surface area contributed by atoms with Crippen LogP contribution in [-0.2, 0) is 4.74 Å². The third-order valence-corrected chi connectivity index (χ3v) is 4.15. The maximum absolute atomic E-state index is 12.3. The van der Waals surface area contributed by atoms with Gasteiger partial charge in [0.2, 0.25) is 0 Å². The highest BCUT2D eigenvalue weighted by Gasteiger charge is 2.17. The van der Waals surface area contributed by atoms with E-state index in [9.17, 15) is 9.59 Å². The number of aromatic carboxylic acids is 1. The largest absolute Gasteiger partial charge is 0.478 e. The Kier molecular flexibility index (Phi) is 5.44. The van der Waals surface area contributed by atoms with E-state index in [1.165, 1.54) is 24.3 Å². The van der Waals surface area contributed by atoms with Gasteiger partial charge in [-0.25, -0.2) is 9.59 Å². The molecule has 0 saturated carbocycles. The first kappa shape index (κ1) is 17.4. The molecule has 3 aromatic carbocycles. The summed E-state index contributed by atoms with van der Waals surface area (Å²) in [6.45, 7) is 0.202. The van der Waals surface area contributed by atoms with Gasteiger partial charge in [0, 0.05) is 5.92 Å². The zero-order valence-electron chi connectivity index (χ0n) is 14.0.